The minimum atomic E-state index is 0.0115. The van der Waals surface area contributed by atoms with Gasteiger partial charge in [-0.1, -0.05) is 74.0 Å². The summed E-state index contributed by atoms with van der Waals surface area (Å²) in [6.45, 7) is 12.9. The summed E-state index contributed by atoms with van der Waals surface area (Å²) >= 11 is 6.07. The van der Waals surface area contributed by atoms with Gasteiger partial charge in [-0.3, -0.25) is 9.79 Å². The molecule has 0 atom stereocenters. The molecule has 0 saturated carbocycles. The average molecular weight is 641 g/mol. The maximum Gasteiger partial charge on any atom is 0.216 e. The number of carbonyl (C=O) groups excluding carboxylic acids is 1. The predicted octanol–water partition coefficient (Wildman–Crippen LogP) is 8.51. The molecule has 0 heterocycles. The Morgan fingerprint density at radius 1 is 0.891 bits per heavy atom. The van der Waals surface area contributed by atoms with Crippen LogP contribution in [0.1, 0.15) is 56.9 Å². The number of hydrogen-bond acceptors (Lipinski definition) is 6. The van der Waals surface area contributed by atoms with E-state index in [-0.39, 0.29) is 5.91 Å². The van der Waals surface area contributed by atoms with E-state index >= 15 is 0 Å². The summed E-state index contributed by atoms with van der Waals surface area (Å²) in [7, 11) is 3.35. The van der Waals surface area contributed by atoms with Gasteiger partial charge in [0.15, 0.2) is 0 Å². The number of halogens is 1. The van der Waals surface area contributed by atoms with Crippen LogP contribution < -0.4 is 14.8 Å². The van der Waals surface area contributed by atoms with E-state index in [2.05, 4.69) is 60.6 Å². The molecular formula is C38H45ClN4O3. The van der Waals surface area contributed by atoms with Crippen LogP contribution in [0.4, 0.5) is 0 Å². The lowest BCUT2D eigenvalue weighted by Crippen LogP contribution is -2.22. The summed E-state index contributed by atoms with van der Waals surface area (Å²) in [5.74, 6) is 2.08. The molecule has 0 saturated heterocycles. The molecule has 4 aromatic carbocycles. The van der Waals surface area contributed by atoms with Gasteiger partial charge in [0.25, 0.3) is 0 Å². The second-order valence-electron chi connectivity index (χ2n) is 11.3. The fourth-order valence-corrected chi connectivity index (χ4v) is 4.57. The number of fused-ring (bicyclic) bond motifs is 1. The first-order valence-electron chi connectivity index (χ1n) is 15.4. The Labute approximate surface area is 278 Å². The summed E-state index contributed by atoms with van der Waals surface area (Å²) in [4.78, 5) is 15.7. The van der Waals surface area contributed by atoms with Gasteiger partial charge in [-0.15, -0.1) is 0 Å². The van der Waals surface area contributed by atoms with Gasteiger partial charge >= 0.3 is 0 Å². The topological polar surface area (TPSA) is 84.6 Å². The second kappa shape index (κ2) is 17.9. The number of hydrogen-bond donors (Lipinski definition) is 1. The standard InChI is InChI=1S/C23H28ClN3O.C15H17NO2/c1-15(2)18(5)27-26-17(4)14-25-23(19-8-10-20(24)11-9-19)22-13-21(28-6)12-7-16(22)3;1-11(17)16-9-8-12-6-7-14-13(10-12)4-3-5-15(14)18-2/h7-13,15H,14H2,1-6H3;3-7,10H,8-9H2,1-2H3,(H,16,17)/b25-23?,26-17+,27-18-;. The van der Waals surface area contributed by atoms with E-state index in [9.17, 15) is 4.79 Å². The van der Waals surface area contributed by atoms with Crippen molar-refractivity contribution in [2.45, 2.75) is 48.0 Å². The first-order valence-corrected chi connectivity index (χ1v) is 15.7. The third-order valence-electron chi connectivity index (χ3n) is 7.41. The number of methoxy groups -OCH3 is 2. The van der Waals surface area contributed by atoms with Gasteiger partial charge in [-0.05, 0) is 80.0 Å². The highest BCUT2D eigenvalue weighted by molar-refractivity contribution is 6.30. The van der Waals surface area contributed by atoms with Gasteiger partial charge in [0.2, 0.25) is 5.91 Å². The van der Waals surface area contributed by atoms with Gasteiger partial charge < -0.3 is 14.8 Å². The molecule has 1 amide bonds. The zero-order valence-electron chi connectivity index (χ0n) is 28.1. The Hall–Kier alpha value is -4.49. The zero-order valence-corrected chi connectivity index (χ0v) is 28.9. The average Bonchev–Trinajstić information content (AvgIpc) is 3.04. The van der Waals surface area contributed by atoms with Gasteiger partial charge in [-0.25, -0.2) is 0 Å². The van der Waals surface area contributed by atoms with Crippen molar-refractivity contribution in [1.29, 1.82) is 0 Å². The fraction of sp³-hybridized carbons (Fsp3) is 0.316. The van der Waals surface area contributed by atoms with Crippen LogP contribution in [0.25, 0.3) is 10.8 Å². The van der Waals surface area contributed by atoms with Crippen LogP contribution in [0, 0.1) is 12.8 Å². The summed E-state index contributed by atoms with van der Waals surface area (Å²) in [6, 6.07) is 26.0. The fourth-order valence-electron chi connectivity index (χ4n) is 4.45. The van der Waals surface area contributed by atoms with Crippen LogP contribution in [0.2, 0.25) is 5.02 Å². The number of nitrogens with zero attached hydrogens (tertiary/aromatic N) is 3. The largest absolute Gasteiger partial charge is 0.497 e. The maximum atomic E-state index is 10.8. The number of aryl methyl sites for hydroxylation is 1. The molecular weight excluding hydrogens is 596 g/mol. The van der Waals surface area contributed by atoms with E-state index < -0.39 is 0 Å². The summed E-state index contributed by atoms with van der Waals surface area (Å²) in [6.07, 6.45) is 0.840. The molecule has 0 aliphatic heterocycles. The quantitative estimate of drug-likeness (QED) is 0.132. The summed E-state index contributed by atoms with van der Waals surface area (Å²) < 4.78 is 10.7. The van der Waals surface area contributed by atoms with Crippen molar-refractivity contribution >= 4 is 45.4 Å². The van der Waals surface area contributed by atoms with Crippen LogP contribution in [0.3, 0.4) is 0 Å². The molecule has 0 spiro atoms. The van der Waals surface area contributed by atoms with Crippen molar-refractivity contribution < 1.29 is 14.3 Å². The Bertz CT molecular complexity index is 1710. The van der Waals surface area contributed by atoms with Gasteiger partial charge in [-0.2, -0.15) is 10.2 Å². The zero-order chi connectivity index (χ0) is 33.6. The molecule has 4 rings (SSSR count). The lowest BCUT2D eigenvalue weighted by Gasteiger charge is -2.12. The van der Waals surface area contributed by atoms with Crippen LogP contribution in [0.5, 0.6) is 11.5 Å². The number of carbonyl (C=O) groups is 1. The molecule has 0 radical (unpaired) electrons. The molecule has 7 nitrogen and oxygen atoms in total. The van der Waals surface area contributed by atoms with Crippen LogP contribution in [-0.4, -0.2) is 50.4 Å². The van der Waals surface area contributed by atoms with E-state index in [0.717, 1.165) is 62.5 Å². The normalized spacial score (nSPS) is 12.1. The van der Waals surface area contributed by atoms with E-state index in [1.807, 2.05) is 68.4 Å². The van der Waals surface area contributed by atoms with Gasteiger partial charge in [0.1, 0.15) is 11.5 Å². The monoisotopic (exact) mass is 640 g/mol. The third-order valence-corrected chi connectivity index (χ3v) is 7.66. The summed E-state index contributed by atoms with van der Waals surface area (Å²) in [5, 5.41) is 14.4. The lowest BCUT2D eigenvalue weighted by molar-refractivity contribution is -0.118. The number of amides is 1. The smallest absolute Gasteiger partial charge is 0.216 e. The minimum Gasteiger partial charge on any atom is -0.497 e. The number of aliphatic imine (C=N–C) groups is 1. The number of ether oxygens (including phenoxy) is 2. The van der Waals surface area contributed by atoms with Crippen LogP contribution in [-0.2, 0) is 11.2 Å². The van der Waals surface area contributed by atoms with Crippen molar-refractivity contribution in [2.24, 2.45) is 21.1 Å². The molecule has 1 N–H and O–H groups in total. The lowest BCUT2D eigenvalue weighted by atomic mass is 9.97. The molecule has 0 unspecified atom stereocenters. The maximum absolute atomic E-state index is 10.8. The van der Waals surface area contributed by atoms with Crippen molar-refractivity contribution in [2.75, 3.05) is 27.3 Å². The number of benzene rings is 4. The Morgan fingerprint density at radius 2 is 1.63 bits per heavy atom. The van der Waals surface area contributed by atoms with E-state index in [4.69, 9.17) is 26.1 Å². The highest BCUT2D eigenvalue weighted by atomic mass is 35.5. The first-order chi connectivity index (χ1) is 22.0. The highest BCUT2D eigenvalue weighted by Gasteiger charge is 2.12. The predicted molar refractivity (Wildman–Crippen MR) is 194 cm³/mol. The Morgan fingerprint density at radius 3 is 2.28 bits per heavy atom. The molecule has 4 aromatic rings. The number of nitrogens with one attached hydrogen (secondary N) is 1. The van der Waals surface area contributed by atoms with E-state index in [1.165, 1.54) is 12.5 Å². The Kier molecular flexibility index (Phi) is 14.0. The van der Waals surface area contributed by atoms with Gasteiger partial charge in [0, 0.05) is 40.7 Å². The molecule has 0 fully saturated rings. The Balaban J connectivity index is 0.000000275. The van der Waals surface area contributed by atoms with Gasteiger partial charge in [0.05, 0.1) is 32.2 Å². The molecule has 0 aromatic heterocycles. The molecule has 0 bridgehead atoms. The van der Waals surface area contributed by atoms with Crippen molar-refractivity contribution in [1.82, 2.24) is 5.32 Å². The van der Waals surface area contributed by atoms with Crippen molar-refractivity contribution in [3.8, 4) is 11.5 Å². The molecule has 242 valence electrons. The molecule has 0 aliphatic rings. The third kappa shape index (κ3) is 10.8. The van der Waals surface area contributed by atoms with Crippen molar-refractivity contribution in [3.63, 3.8) is 0 Å². The molecule has 8 heteroatoms. The van der Waals surface area contributed by atoms with Crippen LogP contribution >= 0.6 is 11.6 Å². The SMILES string of the molecule is COc1ccc(C)c(C(=NC/C(C)=N/N=C(/C)C(C)C)c2ccc(Cl)cc2)c1.COc1cccc2cc(CCNC(C)=O)ccc12. The minimum absolute atomic E-state index is 0.0115. The highest BCUT2D eigenvalue weighted by Crippen LogP contribution is 2.26. The first kappa shape index (κ1) is 36.0. The van der Waals surface area contributed by atoms with E-state index in [0.29, 0.717) is 24.0 Å². The molecule has 46 heavy (non-hydrogen) atoms. The van der Waals surface area contributed by atoms with E-state index in [1.54, 1.807) is 14.2 Å². The van der Waals surface area contributed by atoms with Crippen molar-refractivity contribution in [3.05, 3.63) is 106 Å². The number of rotatable bonds is 11. The summed E-state index contributed by atoms with van der Waals surface area (Å²) in [5.41, 5.74) is 7.10. The second-order valence-corrected chi connectivity index (χ2v) is 11.8. The van der Waals surface area contributed by atoms with Crippen LogP contribution in [0.15, 0.2) is 94.1 Å². The molecule has 0 aliphatic carbocycles.